The molecule has 3 rings (SSSR count). The molecule has 0 saturated carbocycles. The molecule has 2 N–H and O–H groups in total. The molecule has 0 aliphatic rings. The summed E-state index contributed by atoms with van der Waals surface area (Å²) in [4.78, 5) is 24.7. The Morgan fingerprint density at radius 3 is 2.48 bits per heavy atom. The fourth-order valence-corrected chi connectivity index (χ4v) is 3.40. The van der Waals surface area contributed by atoms with Crippen molar-refractivity contribution < 1.29 is 28.6 Å². The predicted octanol–water partition coefficient (Wildman–Crippen LogP) is 4.20. The highest BCUT2D eigenvalue weighted by Gasteiger charge is 2.29. The second-order valence-corrected chi connectivity index (χ2v) is 6.27. The van der Waals surface area contributed by atoms with Gasteiger partial charge in [0.15, 0.2) is 11.6 Å². The van der Waals surface area contributed by atoms with E-state index in [-0.39, 0.29) is 22.9 Å². The van der Waals surface area contributed by atoms with Gasteiger partial charge in [-0.1, -0.05) is 13.0 Å². The van der Waals surface area contributed by atoms with Gasteiger partial charge in [-0.15, -0.1) is 0 Å². The van der Waals surface area contributed by atoms with E-state index in [0.717, 1.165) is 22.8 Å². The molecule has 27 heavy (non-hydrogen) atoms. The van der Waals surface area contributed by atoms with Gasteiger partial charge < -0.3 is 10.2 Å². The van der Waals surface area contributed by atoms with E-state index >= 15 is 0 Å². The minimum Gasteiger partial charge on any atom is -0.505 e. The number of carbonyl (C=O) groups is 2. The van der Waals surface area contributed by atoms with Crippen molar-refractivity contribution in [3.63, 3.8) is 0 Å². The predicted molar refractivity (Wildman–Crippen MR) is 95.1 cm³/mol. The molecule has 0 bridgehead atoms. The highest BCUT2D eigenvalue weighted by Crippen LogP contribution is 2.37. The summed E-state index contributed by atoms with van der Waals surface area (Å²) in [6.07, 6.45) is 0.238. The van der Waals surface area contributed by atoms with E-state index in [0.29, 0.717) is 11.3 Å². The van der Waals surface area contributed by atoms with Crippen molar-refractivity contribution in [1.82, 2.24) is 4.57 Å². The lowest BCUT2D eigenvalue weighted by molar-refractivity contribution is -0.138. The number of carboxylic acid groups (broad SMARTS) is 1. The molecule has 0 radical (unpaired) electrons. The minimum atomic E-state index is -1.10. The summed E-state index contributed by atoms with van der Waals surface area (Å²) in [5, 5.41) is 19.6. The van der Waals surface area contributed by atoms with Crippen LogP contribution in [0.3, 0.4) is 0 Å². The molecular formula is C20H17F2NO4. The Balaban J connectivity index is 2.36. The van der Waals surface area contributed by atoms with Crippen LogP contribution in [0, 0.1) is 18.6 Å². The second-order valence-electron chi connectivity index (χ2n) is 6.27. The second kappa shape index (κ2) is 6.83. The van der Waals surface area contributed by atoms with Crippen LogP contribution in [0.15, 0.2) is 36.4 Å². The number of aromatic nitrogens is 1. The topological polar surface area (TPSA) is 79.5 Å². The van der Waals surface area contributed by atoms with Gasteiger partial charge in [0.25, 0.3) is 5.91 Å². The average molecular weight is 373 g/mol. The number of carbonyl (C=O) groups excluding carboxylic acids is 1. The van der Waals surface area contributed by atoms with E-state index in [4.69, 9.17) is 0 Å². The first-order valence-electron chi connectivity index (χ1n) is 8.32. The molecule has 7 heteroatoms. The zero-order valence-corrected chi connectivity index (χ0v) is 14.7. The third-order valence-electron chi connectivity index (χ3n) is 4.65. The molecule has 0 aliphatic heterocycles. The quantitative estimate of drug-likeness (QED) is 0.718. The third kappa shape index (κ3) is 3.05. The number of aliphatic carboxylic acids is 1. The fourth-order valence-electron chi connectivity index (χ4n) is 3.40. The monoisotopic (exact) mass is 373 g/mol. The number of nitrogens with zero attached hydrogens (tertiary/aromatic N) is 1. The van der Waals surface area contributed by atoms with Crippen molar-refractivity contribution in [2.45, 2.75) is 26.2 Å². The molecule has 0 aliphatic carbocycles. The Labute approximate surface area is 153 Å². The maximum absolute atomic E-state index is 14.0. The molecule has 0 spiro atoms. The number of carboxylic acids is 1. The van der Waals surface area contributed by atoms with Gasteiger partial charge in [-0.25, -0.2) is 8.78 Å². The molecule has 0 saturated heterocycles. The van der Waals surface area contributed by atoms with Crippen molar-refractivity contribution in [1.29, 1.82) is 0 Å². The average Bonchev–Trinajstić information content (AvgIpc) is 2.87. The van der Waals surface area contributed by atoms with E-state index in [1.54, 1.807) is 13.8 Å². The molecule has 1 atom stereocenters. The van der Waals surface area contributed by atoms with Crippen LogP contribution < -0.4 is 0 Å². The van der Waals surface area contributed by atoms with Gasteiger partial charge in [0, 0.05) is 22.7 Å². The Kier molecular flexibility index (Phi) is 4.70. The normalized spacial score (nSPS) is 12.3. The van der Waals surface area contributed by atoms with E-state index < -0.39 is 35.2 Å². The molecule has 1 heterocycles. The van der Waals surface area contributed by atoms with Crippen LogP contribution in [0.1, 0.15) is 40.9 Å². The van der Waals surface area contributed by atoms with E-state index in [1.807, 2.05) is 0 Å². The molecule has 3 aromatic rings. The van der Waals surface area contributed by atoms with Gasteiger partial charge >= 0.3 is 5.97 Å². The molecule has 2 aromatic carbocycles. The van der Waals surface area contributed by atoms with Crippen molar-refractivity contribution in [2.75, 3.05) is 0 Å². The Morgan fingerprint density at radius 2 is 1.89 bits per heavy atom. The lowest BCUT2D eigenvalue weighted by atomic mass is 9.94. The van der Waals surface area contributed by atoms with Crippen LogP contribution in [0.25, 0.3) is 10.9 Å². The van der Waals surface area contributed by atoms with E-state index in [2.05, 4.69) is 0 Å². The maximum Gasteiger partial charge on any atom is 0.311 e. The number of fused-ring (bicyclic) bond motifs is 1. The zero-order chi connectivity index (χ0) is 19.9. The van der Waals surface area contributed by atoms with Crippen molar-refractivity contribution in [2.24, 2.45) is 0 Å². The summed E-state index contributed by atoms with van der Waals surface area (Å²) >= 11 is 0. The van der Waals surface area contributed by atoms with Gasteiger partial charge in [0.05, 0.1) is 11.4 Å². The molecule has 5 nitrogen and oxygen atoms in total. The first-order valence-corrected chi connectivity index (χ1v) is 8.32. The van der Waals surface area contributed by atoms with Crippen LogP contribution in [0.5, 0.6) is 5.75 Å². The lowest BCUT2D eigenvalue weighted by Gasteiger charge is -2.12. The summed E-state index contributed by atoms with van der Waals surface area (Å²) in [5.41, 5.74) is 0.781. The number of hydrogen-bond acceptors (Lipinski definition) is 3. The fraction of sp³-hybridized carbons (Fsp3) is 0.200. The number of phenolic OH excluding ortho intramolecular Hbond substituents is 1. The first-order chi connectivity index (χ1) is 12.8. The highest BCUT2D eigenvalue weighted by molar-refractivity contribution is 6.05. The van der Waals surface area contributed by atoms with Crippen LogP contribution >= 0.6 is 0 Å². The maximum atomic E-state index is 14.0. The largest absolute Gasteiger partial charge is 0.505 e. The van der Waals surface area contributed by atoms with Gasteiger partial charge in [-0.05, 0) is 43.2 Å². The number of aromatic hydroxyl groups is 1. The molecule has 1 aromatic heterocycles. The summed E-state index contributed by atoms with van der Waals surface area (Å²) in [6.45, 7) is 3.23. The molecule has 0 unspecified atom stereocenters. The van der Waals surface area contributed by atoms with Gasteiger partial charge in [-0.2, -0.15) is 0 Å². The van der Waals surface area contributed by atoms with E-state index in [1.165, 1.54) is 18.2 Å². The van der Waals surface area contributed by atoms with Crippen LogP contribution in [-0.4, -0.2) is 26.7 Å². The smallest absolute Gasteiger partial charge is 0.311 e. The number of benzene rings is 2. The van der Waals surface area contributed by atoms with Crippen molar-refractivity contribution in [3.05, 3.63) is 64.9 Å². The lowest BCUT2D eigenvalue weighted by Crippen LogP contribution is -2.16. The van der Waals surface area contributed by atoms with Crippen molar-refractivity contribution in [3.8, 4) is 5.75 Å². The van der Waals surface area contributed by atoms with Gasteiger partial charge in [-0.3, -0.25) is 14.2 Å². The molecule has 0 amide bonds. The zero-order valence-electron chi connectivity index (χ0n) is 14.7. The molecule has 140 valence electrons. The summed E-state index contributed by atoms with van der Waals surface area (Å²) < 4.78 is 28.7. The van der Waals surface area contributed by atoms with Crippen molar-refractivity contribution >= 4 is 22.8 Å². The summed E-state index contributed by atoms with van der Waals surface area (Å²) in [7, 11) is 0. The number of hydrogen-bond donors (Lipinski definition) is 2. The standard InChI is InChI=1S/C20H17F2NO4/c1-3-13(20(26)27)18-10(2)23(16-9-15(22)17(24)8-14(16)18)19(25)11-5-4-6-12(21)7-11/h4-9,13,24H,3H2,1-2H3,(H,26,27)/t13-/m0/s1. The summed E-state index contributed by atoms with van der Waals surface area (Å²) in [6, 6.07) is 7.14. The summed E-state index contributed by atoms with van der Waals surface area (Å²) in [5.74, 6) is -4.84. The van der Waals surface area contributed by atoms with Crippen LogP contribution in [0.4, 0.5) is 8.78 Å². The Bertz CT molecular complexity index is 1070. The van der Waals surface area contributed by atoms with E-state index in [9.17, 15) is 28.6 Å². The minimum absolute atomic E-state index is 0.0402. The molecule has 0 fully saturated rings. The van der Waals surface area contributed by atoms with Crippen LogP contribution in [0.2, 0.25) is 0 Å². The Hall–Kier alpha value is -3.22. The highest BCUT2D eigenvalue weighted by atomic mass is 19.1. The third-order valence-corrected chi connectivity index (χ3v) is 4.65. The number of halogens is 2. The number of phenols is 1. The van der Waals surface area contributed by atoms with Gasteiger partial charge in [0.2, 0.25) is 0 Å². The van der Waals surface area contributed by atoms with Crippen LogP contribution in [-0.2, 0) is 4.79 Å². The molecular weight excluding hydrogens is 356 g/mol. The SMILES string of the molecule is CC[C@H](C(=O)O)c1c(C)n(C(=O)c2cccc(F)c2)c2cc(F)c(O)cc12. The number of rotatable bonds is 4. The van der Waals surface area contributed by atoms with Gasteiger partial charge in [0.1, 0.15) is 5.82 Å². The Morgan fingerprint density at radius 1 is 1.19 bits per heavy atom. The first kappa shape index (κ1) is 18.6.